The van der Waals surface area contributed by atoms with Crippen LogP contribution in [0.1, 0.15) is 54.0 Å². The van der Waals surface area contributed by atoms with E-state index in [2.05, 4.69) is 55.1 Å². The van der Waals surface area contributed by atoms with Gasteiger partial charge in [-0.25, -0.2) is 0 Å². The fraction of sp³-hybridized carbons (Fsp3) is 0.625. The Bertz CT molecular complexity index is 433. The molecule has 1 atom stereocenters. The average molecular weight is 310 g/mol. The molecule has 1 saturated carbocycles. The number of aryl methyl sites for hydroxylation is 2. The molecule has 1 aliphatic carbocycles. The van der Waals surface area contributed by atoms with E-state index in [1.165, 1.54) is 52.4 Å². The van der Waals surface area contributed by atoms with Crippen LogP contribution in [0, 0.1) is 26.7 Å². The Morgan fingerprint density at radius 1 is 1.17 bits per heavy atom. The Balaban J connectivity index is 2.44. The van der Waals surface area contributed by atoms with Crippen molar-refractivity contribution in [2.75, 3.05) is 7.05 Å². The van der Waals surface area contributed by atoms with Crippen LogP contribution < -0.4 is 5.32 Å². The Morgan fingerprint density at radius 2 is 1.78 bits per heavy atom. The molecule has 0 aromatic heterocycles. The Morgan fingerprint density at radius 3 is 2.33 bits per heavy atom. The van der Waals surface area contributed by atoms with E-state index in [-0.39, 0.29) is 0 Å². The van der Waals surface area contributed by atoms with Gasteiger partial charge in [-0.3, -0.25) is 0 Å². The summed E-state index contributed by atoms with van der Waals surface area (Å²) >= 11 is 3.74. The summed E-state index contributed by atoms with van der Waals surface area (Å²) in [7, 11) is 2.11. The van der Waals surface area contributed by atoms with E-state index in [0.29, 0.717) is 6.04 Å². The Hall–Kier alpha value is -0.340. The molecule has 2 heteroatoms. The van der Waals surface area contributed by atoms with Gasteiger partial charge in [-0.2, -0.15) is 0 Å². The highest BCUT2D eigenvalue weighted by atomic mass is 79.9. The highest BCUT2D eigenvalue weighted by molar-refractivity contribution is 9.10. The van der Waals surface area contributed by atoms with Gasteiger partial charge in [-0.1, -0.05) is 34.8 Å². The molecule has 1 aromatic rings. The molecule has 2 rings (SSSR count). The molecule has 1 aliphatic rings. The molecule has 18 heavy (non-hydrogen) atoms. The highest BCUT2D eigenvalue weighted by Crippen LogP contribution is 2.40. The molecule has 0 heterocycles. The van der Waals surface area contributed by atoms with Crippen molar-refractivity contribution < 1.29 is 0 Å². The van der Waals surface area contributed by atoms with Crippen LogP contribution in [0.4, 0.5) is 0 Å². The standard InChI is InChI=1S/C16H24BrN/c1-10-9-11(2)15(17)12(3)14(10)16(18-4)13-7-5-6-8-13/h9,13,16,18H,5-8H2,1-4H3. The van der Waals surface area contributed by atoms with Crippen LogP contribution in [-0.2, 0) is 0 Å². The summed E-state index contributed by atoms with van der Waals surface area (Å²) in [4.78, 5) is 0. The van der Waals surface area contributed by atoms with Gasteiger partial charge in [0.2, 0.25) is 0 Å². The van der Waals surface area contributed by atoms with Crippen LogP contribution in [0.15, 0.2) is 10.5 Å². The molecule has 0 amide bonds. The van der Waals surface area contributed by atoms with E-state index in [9.17, 15) is 0 Å². The van der Waals surface area contributed by atoms with Crippen LogP contribution >= 0.6 is 15.9 Å². The average Bonchev–Trinajstić information content (AvgIpc) is 2.85. The third kappa shape index (κ3) is 2.50. The largest absolute Gasteiger partial charge is 0.313 e. The first-order valence-corrected chi connectivity index (χ1v) is 7.79. The van der Waals surface area contributed by atoms with Crippen molar-refractivity contribution in [3.8, 4) is 0 Å². The quantitative estimate of drug-likeness (QED) is 0.843. The van der Waals surface area contributed by atoms with Crippen LogP contribution in [0.5, 0.6) is 0 Å². The summed E-state index contributed by atoms with van der Waals surface area (Å²) in [6.07, 6.45) is 5.54. The summed E-state index contributed by atoms with van der Waals surface area (Å²) in [5, 5.41) is 3.57. The monoisotopic (exact) mass is 309 g/mol. The predicted molar refractivity (Wildman–Crippen MR) is 82.1 cm³/mol. The van der Waals surface area contributed by atoms with Crippen molar-refractivity contribution in [3.05, 3.63) is 32.8 Å². The number of benzene rings is 1. The van der Waals surface area contributed by atoms with Crippen LogP contribution in [0.2, 0.25) is 0 Å². The fourth-order valence-corrected chi connectivity index (χ4v) is 3.89. The smallest absolute Gasteiger partial charge is 0.0351 e. The second-order valence-electron chi connectivity index (χ2n) is 5.67. The first-order valence-electron chi connectivity index (χ1n) is 6.99. The van der Waals surface area contributed by atoms with E-state index in [1.807, 2.05) is 0 Å². The second kappa shape index (κ2) is 5.75. The SMILES string of the molecule is CNC(c1c(C)cc(C)c(Br)c1C)C1CCCC1. The minimum absolute atomic E-state index is 0.518. The third-order valence-corrected chi connectivity index (χ3v) is 5.65. The Labute approximate surface area is 119 Å². The van der Waals surface area contributed by atoms with E-state index in [4.69, 9.17) is 0 Å². The number of halogens is 1. The number of nitrogens with one attached hydrogen (secondary N) is 1. The van der Waals surface area contributed by atoms with Gasteiger partial charge < -0.3 is 5.32 Å². The lowest BCUT2D eigenvalue weighted by Crippen LogP contribution is -2.25. The Kier molecular flexibility index (Phi) is 4.50. The molecule has 0 radical (unpaired) electrons. The minimum Gasteiger partial charge on any atom is -0.313 e. The first-order chi connectivity index (χ1) is 8.56. The molecule has 1 nitrogen and oxygen atoms in total. The van der Waals surface area contributed by atoms with Gasteiger partial charge >= 0.3 is 0 Å². The lowest BCUT2D eigenvalue weighted by molar-refractivity contribution is 0.387. The maximum Gasteiger partial charge on any atom is 0.0351 e. The van der Waals surface area contributed by atoms with Crippen molar-refractivity contribution in [2.24, 2.45) is 5.92 Å². The predicted octanol–water partition coefficient (Wildman–Crippen LogP) is 4.83. The zero-order valence-electron chi connectivity index (χ0n) is 11.9. The second-order valence-corrected chi connectivity index (χ2v) is 6.47. The molecule has 0 saturated heterocycles. The van der Waals surface area contributed by atoms with Gasteiger partial charge in [0.1, 0.15) is 0 Å². The third-order valence-electron chi connectivity index (χ3n) is 4.43. The fourth-order valence-electron chi connectivity index (χ4n) is 3.56. The van der Waals surface area contributed by atoms with Crippen molar-refractivity contribution >= 4 is 15.9 Å². The molecular formula is C16H24BrN. The van der Waals surface area contributed by atoms with Crippen molar-refractivity contribution in [1.29, 1.82) is 0 Å². The van der Waals surface area contributed by atoms with Gasteiger partial charge in [0.05, 0.1) is 0 Å². The zero-order valence-corrected chi connectivity index (χ0v) is 13.5. The van der Waals surface area contributed by atoms with E-state index < -0.39 is 0 Å². The summed E-state index contributed by atoms with van der Waals surface area (Å²) in [6, 6.07) is 2.83. The van der Waals surface area contributed by atoms with Gasteiger partial charge in [-0.05, 0) is 68.8 Å². The first kappa shape index (κ1) is 14.1. The molecular weight excluding hydrogens is 286 g/mol. The lowest BCUT2D eigenvalue weighted by atomic mass is 9.86. The summed E-state index contributed by atoms with van der Waals surface area (Å²) in [6.45, 7) is 6.68. The maximum absolute atomic E-state index is 3.74. The topological polar surface area (TPSA) is 12.0 Å². The lowest BCUT2D eigenvalue weighted by Gasteiger charge is -2.28. The van der Waals surface area contributed by atoms with Crippen molar-refractivity contribution in [1.82, 2.24) is 5.32 Å². The molecule has 1 fully saturated rings. The van der Waals surface area contributed by atoms with Crippen LogP contribution in [-0.4, -0.2) is 7.05 Å². The van der Waals surface area contributed by atoms with Crippen LogP contribution in [0.3, 0.4) is 0 Å². The molecule has 1 N–H and O–H groups in total. The number of hydrogen-bond acceptors (Lipinski definition) is 1. The highest BCUT2D eigenvalue weighted by Gasteiger charge is 2.28. The summed E-state index contributed by atoms with van der Waals surface area (Å²) < 4.78 is 1.28. The number of hydrogen-bond donors (Lipinski definition) is 1. The van der Waals surface area contributed by atoms with E-state index in [1.54, 1.807) is 0 Å². The summed E-state index contributed by atoms with van der Waals surface area (Å²) in [5.41, 5.74) is 5.70. The van der Waals surface area contributed by atoms with E-state index >= 15 is 0 Å². The van der Waals surface area contributed by atoms with Crippen LogP contribution in [0.25, 0.3) is 0 Å². The molecule has 1 aromatic carbocycles. The van der Waals surface area contributed by atoms with Gasteiger partial charge in [0.25, 0.3) is 0 Å². The zero-order chi connectivity index (χ0) is 13.3. The molecule has 0 aliphatic heterocycles. The van der Waals surface area contributed by atoms with Crippen molar-refractivity contribution in [3.63, 3.8) is 0 Å². The molecule has 0 bridgehead atoms. The van der Waals surface area contributed by atoms with Gasteiger partial charge in [0, 0.05) is 10.5 Å². The maximum atomic E-state index is 3.74. The van der Waals surface area contributed by atoms with Gasteiger partial charge in [-0.15, -0.1) is 0 Å². The van der Waals surface area contributed by atoms with Crippen molar-refractivity contribution in [2.45, 2.75) is 52.5 Å². The molecule has 1 unspecified atom stereocenters. The van der Waals surface area contributed by atoms with Gasteiger partial charge in [0.15, 0.2) is 0 Å². The summed E-state index contributed by atoms with van der Waals surface area (Å²) in [5.74, 6) is 0.807. The number of rotatable bonds is 3. The molecule has 100 valence electrons. The normalized spacial score (nSPS) is 18.3. The minimum atomic E-state index is 0.518. The molecule has 0 spiro atoms. The van der Waals surface area contributed by atoms with E-state index in [0.717, 1.165) is 5.92 Å².